The maximum Gasteiger partial charge on any atom is 0.308 e. The van der Waals surface area contributed by atoms with E-state index >= 15 is 0 Å². The predicted octanol–water partition coefficient (Wildman–Crippen LogP) is 4.56. The van der Waals surface area contributed by atoms with Crippen LogP contribution in [0.15, 0.2) is 66.7 Å². The van der Waals surface area contributed by atoms with E-state index in [0.717, 1.165) is 10.8 Å². The number of para-hydroxylation sites is 1. The maximum atomic E-state index is 12.9. The molecule has 7 nitrogen and oxygen atoms in total. The van der Waals surface area contributed by atoms with Crippen LogP contribution in [0, 0.1) is 10.1 Å². The first kappa shape index (κ1) is 21.0. The molecule has 0 radical (unpaired) electrons. The predicted molar refractivity (Wildman–Crippen MR) is 113 cm³/mol. The summed E-state index contributed by atoms with van der Waals surface area (Å²) in [6.07, 6.45) is -0.553. The van der Waals surface area contributed by atoms with Gasteiger partial charge < -0.3 is 10.1 Å². The molecule has 0 spiro atoms. The number of fused-ring (bicyclic) bond motifs is 1. The number of nitrogens with zero attached hydrogens (tertiary/aromatic N) is 1. The van der Waals surface area contributed by atoms with E-state index < -0.39 is 22.8 Å². The Balaban J connectivity index is 1.92. The molecule has 3 rings (SSSR count). The fourth-order valence-electron chi connectivity index (χ4n) is 3.24. The van der Waals surface area contributed by atoms with E-state index in [1.807, 2.05) is 30.3 Å². The summed E-state index contributed by atoms with van der Waals surface area (Å²) in [4.78, 5) is 36.1. The normalized spacial score (nSPS) is 11.8. The molecule has 0 saturated heterocycles. The van der Waals surface area contributed by atoms with Crippen molar-refractivity contribution < 1.29 is 19.2 Å². The number of benzene rings is 3. The quantitative estimate of drug-likeness (QED) is 0.352. The van der Waals surface area contributed by atoms with E-state index in [4.69, 9.17) is 4.74 Å². The third kappa shape index (κ3) is 5.00. The zero-order valence-electron chi connectivity index (χ0n) is 16.7. The molecule has 1 unspecified atom stereocenters. The van der Waals surface area contributed by atoms with E-state index in [2.05, 4.69) is 5.32 Å². The molecule has 0 saturated carbocycles. The number of nitro benzene ring substituents is 1. The van der Waals surface area contributed by atoms with Gasteiger partial charge in [0.25, 0.3) is 11.6 Å². The summed E-state index contributed by atoms with van der Waals surface area (Å²) < 4.78 is 5.19. The summed E-state index contributed by atoms with van der Waals surface area (Å²) in [7, 11) is 0. The SMILES string of the molecule is CC(C)OC(=O)CC(NC(=O)c1ccc2ccccc2c1)c1ccccc1[N+](=O)[O-]. The van der Waals surface area contributed by atoms with Crippen molar-refractivity contribution in [3.05, 3.63) is 88.0 Å². The van der Waals surface area contributed by atoms with Crippen molar-refractivity contribution in [3.8, 4) is 0 Å². The lowest BCUT2D eigenvalue weighted by Crippen LogP contribution is -2.31. The lowest BCUT2D eigenvalue weighted by molar-refractivity contribution is -0.385. The number of hydrogen-bond donors (Lipinski definition) is 1. The van der Waals surface area contributed by atoms with E-state index in [1.165, 1.54) is 18.2 Å². The Bertz CT molecular complexity index is 1090. The zero-order valence-corrected chi connectivity index (χ0v) is 16.7. The molecule has 0 aliphatic heterocycles. The Morgan fingerprint density at radius 2 is 1.67 bits per heavy atom. The molecule has 0 fully saturated rings. The van der Waals surface area contributed by atoms with Crippen molar-refractivity contribution in [1.29, 1.82) is 0 Å². The molecule has 3 aromatic rings. The summed E-state index contributed by atoms with van der Waals surface area (Å²) in [5.41, 5.74) is 0.477. The third-order valence-corrected chi connectivity index (χ3v) is 4.56. The van der Waals surface area contributed by atoms with Crippen LogP contribution in [0.3, 0.4) is 0 Å². The smallest absolute Gasteiger partial charge is 0.308 e. The van der Waals surface area contributed by atoms with Crippen LogP contribution >= 0.6 is 0 Å². The molecule has 0 heterocycles. The minimum absolute atomic E-state index is 0.168. The van der Waals surface area contributed by atoms with Gasteiger partial charge in [-0.1, -0.05) is 48.5 Å². The van der Waals surface area contributed by atoms with Crippen LogP contribution in [0.1, 0.15) is 42.2 Å². The summed E-state index contributed by atoms with van der Waals surface area (Å²) in [5, 5.41) is 16.1. The minimum atomic E-state index is -0.906. The second-order valence-corrected chi connectivity index (χ2v) is 7.15. The first-order valence-electron chi connectivity index (χ1n) is 9.57. The Morgan fingerprint density at radius 1 is 1.00 bits per heavy atom. The Labute approximate surface area is 173 Å². The zero-order chi connectivity index (χ0) is 21.7. The fourth-order valence-corrected chi connectivity index (χ4v) is 3.24. The van der Waals surface area contributed by atoms with Crippen LogP contribution in [0.5, 0.6) is 0 Å². The van der Waals surface area contributed by atoms with Gasteiger partial charge in [0.05, 0.1) is 29.1 Å². The van der Waals surface area contributed by atoms with Crippen LogP contribution in [0.25, 0.3) is 10.8 Å². The number of carbonyl (C=O) groups is 2. The van der Waals surface area contributed by atoms with Crippen LogP contribution < -0.4 is 5.32 Å². The minimum Gasteiger partial charge on any atom is -0.463 e. The third-order valence-electron chi connectivity index (χ3n) is 4.56. The van der Waals surface area contributed by atoms with Gasteiger partial charge in [-0.3, -0.25) is 19.7 Å². The van der Waals surface area contributed by atoms with Crippen molar-refractivity contribution in [2.24, 2.45) is 0 Å². The highest BCUT2D eigenvalue weighted by Crippen LogP contribution is 2.28. The van der Waals surface area contributed by atoms with Gasteiger partial charge in [-0.2, -0.15) is 0 Å². The molecule has 0 aliphatic carbocycles. The van der Waals surface area contributed by atoms with Crippen molar-refractivity contribution in [3.63, 3.8) is 0 Å². The second-order valence-electron chi connectivity index (χ2n) is 7.15. The van der Waals surface area contributed by atoms with E-state index in [1.54, 1.807) is 32.0 Å². The molecule has 0 aliphatic rings. The molecule has 3 aromatic carbocycles. The highest BCUT2D eigenvalue weighted by atomic mass is 16.6. The standard InChI is InChI=1S/C23H22N2O5/c1-15(2)30-22(26)14-20(19-9-5-6-10-21(19)25(28)29)24-23(27)18-12-11-16-7-3-4-8-17(16)13-18/h3-13,15,20H,14H2,1-2H3,(H,24,27). The van der Waals surface area contributed by atoms with Gasteiger partial charge in [0.2, 0.25) is 0 Å². The Hall–Kier alpha value is -3.74. The van der Waals surface area contributed by atoms with Gasteiger partial charge in [0, 0.05) is 11.6 Å². The van der Waals surface area contributed by atoms with Crippen LogP contribution in [-0.2, 0) is 9.53 Å². The number of amides is 1. The summed E-state index contributed by atoms with van der Waals surface area (Å²) in [6.45, 7) is 3.43. The second kappa shape index (κ2) is 9.17. The van der Waals surface area contributed by atoms with Gasteiger partial charge in [-0.05, 0) is 36.8 Å². The number of esters is 1. The van der Waals surface area contributed by atoms with Crippen LogP contribution in [0.2, 0.25) is 0 Å². The molecular weight excluding hydrogens is 384 g/mol. The molecule has 1 atom stereocenters. The number of nitro groups is 1. The Kier molecular flexibility index (Phi) is 6.41. The van der Waals surface area contributed by atoms with Crippen LogP contribution in [0.4, 0.5) is 5.69 Å². The monoisotopic (exact) mass is 406 g/mol. The van der Waals surface area contributed by atoms with Crippen molar-refractivity contribution >= 4 is 28.3 Å². The maximum absolute atomic E-state index is 12.9. The largest absolute Gasteiger partial charge is 0.463 e. The number of carbonyl (C=O) groups excluding carboxylic acids is 2. The summed E-state index contributed by atoms with van der Waals surface area (Å²) in [5.74, 6) is -0.979. The van der Waals surface area contributed by atoms with Gasteiger partial charge in [-0.25, -0.2) is 0 Å². The molecular formula is C23H22N2O5. The highest BCUT2D eigenvalue weighted by molar-refractivity contribution is 5.99. The van der Waals surface area contributed by atoms with Gasteiger partial charge >= 0.3 is 5.97 Å². The van der Waals surface area contributed by atoms with E-state index in [-0.39, 0.29) is 23.8 Å². The lowest BCUT2D eigenvalue weighted by atomic mass is 10.0. The van der Waals surface area contributed by atoms with Crippen molar-refractivity contribution in [2.45, 2.75) is 32.4 Å². The molecule has 0 bridgehead atoms. The number of rotatable bonds is 7. The topological polar surface area (TPSA) is 98.5 Å². The average molecular weight is 406 g/mol. The number of ether oxygens (including phenoxy) is 1. The lowest BCUT2D eigenvalue weighted by Gasteiger charge is -2.19. The molecule has 154 valence electrons. The van der Waals surface area contributed by atoms with Crippen LogP contribution in [-0.4, -0.2) is 22.9 Å². The first-order valence-corrected chi connectivity index (χ1v) is 9.57. The molecule has 1 amide bonds. The average Bonchev–Trinajstić information content (AvgIpc) is 2.72. The van der Waals surface area contributed by atoms with Crippen molar-refractivity contribution in [1.82, 2.24) is 5.32 Å². The molecule has 7 heteroatoms. The molecule has 0 aromatic heterocycles. The number of hydrogen-bond acceptors (Lipinski definition) is 5. The van der Waals surface area contributed by atoms with E-state index in [0.29, 0.717) is 5.56 Å². The van der Waals surface area contributed by atoms with Gasteiger partial charge in [-0.15, -0.1) is 0 Å². The van der Waals surface area contributed by atoms with Gasteiger partial charge in [0.1, 0.15) is 0 Å². The first-order chi connectivity index (χ1) is 14.3. The molecule has 30 heavy (non-hydrogen) atoms. The number of nitrogens with one attached hydrogen (secondary N) is 1. The summed E-state index contributed by atoms with van der Waals surface area (Å²) >= 11 is 0. The summed E-state index contributed by atoms with van der Waals surface area (Å²) in [6, 6.07) is 18.0. The molecule has 1 N–H and O–H groups in total. The highest BCUT2D eigenvalue weighted by Gasteiger charge is 2.27. The fraction of sp³-hybridized carbons (Fsp3) is 0.217. The van der Waals surface area contributed by atoms with E-state index in [9.17, 15) is 19.7 Å². The Morgan fingerprint density at radius 3 is 2.37 bits per heavy atom. The van der Waals surface area contributed by atoms with Crippen molar-refractivity contribution in [2.75, 3.05) is 0 Å². The van der Waals surface area contributed by atoms with Gasteiger partial charge in [0.15, 0.2) is 0 Å².